The van der Waals surface area contributed by atoms with Gasteiger partial charge in [0.2, 0.25) is 0 Å². The fraction of sp³-hybridized carbons (Fsp3) is 0.250. The summed E-state index contributed by atoms with van der Waals surface area (Å²) in [6.45, 7) is 23.9. The van der Waals surface area contributed by atoms with Crippen LogP contribution >= 0.6 is 0 Å². The molecule has 0 aliphatic heterocycles. The van der Waals surface area contributed by atoms with Crippen molar-refractivity contribution in [2.24, 2.45) is 0 Å². The van der Waals surface area contributed by atoms with E-state index in [1.54, 1.807) is 0 Å². The Balaban J connectivity index is 1.30. The Morgan fingerprint density at radius 1 is 0.404 bits per heavy atom. The van der Waals surface area contributed by atoms with Gasteiger partial charge in [-0.1, -0.05) is 178 Å². The van der Waals surface area contributed by atoms with Crippen molar-refractivity contribution in [2.75, 3.05) is 4.90 Å². The van der Waals surface area contributed by atoms with Gasteiger partial charge in [-0.25, -0.2) is 0 Å². The molecule has 0 radical (unpaired) electrons. The highest BCUT2D eigenvalue weighted by atomic mass is 15.1. The van der Waals surface area contributed by atoms with Crippen LogP contribution in [0.15, 0.2) is 140 Å². The topological polar surface area (TPSA) is 3.24 Å². The fourth-order valence-electron chi connectivity index (χ4n) is 10.5. The van der Waals surface area contributed by atoms with Crippen LogP contribution in [0.5, 0.6) is 0 Å². The molecule has 2 aliphatic carbocycles. The third kappa shape index (κ3) is 5.14. The zero-order valence-corrected chi connectivity index (χ0v) is 35.2. The number of fused-ring (bicyclic) bond motifs is 12. The van der Waals surface area contributed by atoms with E-state index in [9.17, 15) is 0 Å². The first kappa shape index (κ1) is 35.7. The second kappa shape index (κ2) is 11.9. The molecule has 0 unspecified atom stereocenters. The van der Waals surface area contributed by atoms with Crippen molar-refractivity contribution in [3.05, 3.63) is 173 Å². The molecule has 2 aliphatic rings. The maximum atomic E-state index is 2.58. The van der Waals surface area contributed by atoms with Crippen molar-refractivity contribution < 1.29 is 0 Å². The number of hydrogen-bond acceptors (Lipinski definition) is 1. The van der Waals surface area contributed by atoms with Gasteiger partial charge >= 0.3 is 0 Å². The van der Waals surface area contributed by atoms with Crippen molar-refractivity contribution in [3.8, 4) is 22.3 Å². The lowest BCUT2D eigenvalue weighted by Crippen LogP contribution is -2.24. The number of anilines is 3. The summed E-state index contributed by atoms with van der Waals surface area (Å²) >= 11 is 0. The molecule has 0 fully saturated rings. The van der Waals surface area contributed by atoms with Crippen molar-refractivity contribution in [2.45, 2.75) is 90.9 Å². The normalized spacial score (nSPS) is 15.1. The van der Waals surface area contributed by atoms with Gasteiger partial charge in [-0.2, -0.15) is 0 Å². The van der Waals surface area contributed by atoms with Crippen LogP contribution in [0.3, 0.4) is 0 Å². The van der Waals surface area contributed by atoms with Crippen molar-refractivity contribution >= 4 is 49.4 Å². The van der Waals surface area contributed by atoms with Gasteiger partial charge in [-0.3, -0.25) is 0 Å². The molecule has 0 aromatic heterocycles. The van der Waals surface area contributed by atoms with Gasteiger partial charge in [-0.15, -0.1) is 0 Å². The fourth-order valence-corrected chi connectivity index (χ4v) is 10.5. The van der Waals surface area contributed by atoms with E-state index in [2.05, 4.69) is 214 Å². The predicted molar refractivity (Wildman–Crippen MR) is 246 cm³/mol. The predicted octanol–water partition coefficient (Wildman–Crippen LogP) is 15.8. The summed E-state index contributed by atoms with van der Waals surface area (Å²) < 4.78 is 0. The molecule has 0 heterocycles. The molecule has 8 aromatic rings. The molecule has 57 heavy (non-hydrogen) atoms. The minimum Gasteiger partial charge on any atom is -0.310 e. The maximum absolute atomic E-state index is 2.58. The van der Waals surface area contributed by atoms with Crippen LogP contribution in [0.2, 0.25) is 0 Å². The Bertz CT molecular complexity index is 2940. The number of hydrogen-bond donors (Lipinski definition) is 0. The van der Waals surface area contributed by atoms with Crippen LogP contribution in [-0.2, 0) is 21.7 Å². The summed E-state index contributed by atoms with van der Waals surface area (Å²) in [7, 11) is 0. The summed E-state index contributed by atoms with van der Waals surface area (Å²) in [5.74, 6) is 0. The largest absolute Gasteiger partial charge is 0.310 e. The van der Waals surface area contributed by atoms with Crippen molar-refractivity contribution in [3.63, 3.8) is 0 Å². The molecule has 10 rings (SSSR count). The molecular formula is C56H53N. The first-order chi connectivity index (χ1) is 27.1. The lowest BCUT2D eigenvalue weighted by atomic mass is 9.71. The van der Waals surface area contributed by atoms with E-state index in [1.807, 2.05) is 0 Å². The molecule has 0 atom stereocenters. The summed E-state index contributed by atoms with van der Waals surface area (Å²) in [4.78, 5) is 2.58. The van der Waals surface area contributed by atoms with Gasteiger partial charge in [0.25, 0.3) is 0 Å². The number of nitrogens with zero attached hydrogens (tertiary/aromatic N) is 1. The Morgan fingerprint density at radius 2 is 0.947 bits per heavy atom. The van der Waals surface area contributed by atoms with Gasteiger partial charge in [0.1, 0.15) is 0 Å². The second-order valence-electron chi connectivity index (χ2n) is 19.8. The van der Waals surface area contributed by atoms with Crippen LogP contribution in [0.25, 0.3) is 54.6 Å². The second-order valence-corrected chi connectivity index (χ2v) is 19.8. The Morgan fingerprint density at radius 3 is 1.60 bits per heavy atom. The van der Waals surface area contributed by atoms with Crippen LogP contribution in [0, 0.1) is 0 Å². The van der Waals surface area contributed by atoms with E-state index < -0.39 is 0 Å². The monoisotopic (exact) mass is 739 g/mol. The van der Waals surface area contributed by atoms with E-state index in [4.69, 9.17) is 0 Å². The van der Waals surface area contributed by atoms with Crippen molar-refractivity contribution in [1.29, 1.82) is 0 Å². The number of rotatable bonds is 3. The maximum Gasteiger partial charge on any atom is 0.0543 e. The van der Waals surface area contributed by atoms with Crippen molar-refractivity contribution in [1.82, 2.24) is 0 Å². The van der Waals surface area contributed by atoms with Gasteiger partial charge in [0.05, 0.1) is 5.69 Å². The number of benzene rings is 8. The minimum absolute atomic E-state index is 0.000689. The van der Waals surface area contributed by atoms with Crippen LogP contribution < -0.4 is 4.90 Å². The molecule has 0 saturated carbocycles. The first-order valence-corrected chi connectivity index (χ1v) is 20.8. The zero-order chi connectivity index (χ0) is 39.8. The minimum atomic E-state index is -0.175. The summed E-state index contributed by atoms with van der Waals surface area (Å²) in [6, 6.07) is 53.3. The van der Waals surface area contributed by atoms with Gasteiger partial charge < -0.3 is 4.90 Å². The molecule has 1 nitrogen and oxygen atoms in total. The zero-order valence-electron chi connectivity index (χ0n) is 35.2. The molecule has 282 valence electrons. The molecule has 0 bridgehead atoms. The average molecular weight is 740 g/mol. The third-order valence-corrected chi connectivity index (χ3v) is 13.5. The molecule has 0 amide bonds. The Labute approximate surface area is 339 Å². The van der Waals surface area contributed by atoms with Crippen LogP contribution in [-0.4, -0.2) is 0 Å². The quantitative estimate of drug-likeness (QED) is 0.163. The van der Waals surface area contributed by atoms with E-state index in [-0.39, 0.29) is 21.7 Å². The van der Waals surface area contributed by atoms with E-state index >= 15 is 0 Å². The van der Waals surface area contributed by atoms with Gasteiger partial charge in [-0.05, 0) is 124 Å². The molecule has 8 aromatic carbocycles. The summed E-state index contributed by atoms with van der Waals surface area (Å²) in [6.07, 6.45) is 0. The van der Waals surface area contributed by atoms with Crippen LogP contribution in [0.4, 0.5) is 17.1 Å². The summed E-state index contributed by atoms with van der Waals surface area (Å²) in [5, 5.41) is 7.73. The molecule has 1 heteroatoms. The van der Waals surface area contributed by atoms with Gasteiger partial charge in [0, 0.05) is 27.8 Å². The summed E-state index contributed by atoms with van der Waals surface area (Å²) in [5.41, 5.74) is 17.1. The van der Waals surface area contributed by atoms with E-state index in [0.29, 0.717) is 0 Å². The van der Waals surface area contributed by atoms with Crippen LogP contribution in [0.1, 0.15) is 103 Å². The lowest BCUT2D eigenvalue weighted by Gasteiger charge is -2.32. The molecule has 0 saturated heterocycles. The highest BCUT2D eigenvalue weighted by Gasteiger charge is 2.43. The Kier molecular flexibility index (Phi) is 7.48. The molecule has 0 N–H and O–H groups in total. The van der Waals surface area contributed by atoms with E-state index in [1.165, 1.54) is 105 Å². The average Bonchev–Trinajstić information content (AvgIpc) is 3.57. The van der Waals surface area contributed by atoms with Gasteiger partial charge in [0.15, 0.2) is 0 Å². The highest BCUT2D eigenvalue weighted by Crippen LogP contribution is 2.58. The standard InChI is InChI=1S/C56H53N/c1-53(2,3)34-30-45-51-47(56(9,10)52(45)49(31-34)54(4,5)6)24-17-25-50(51)57(36-27-29-43-42-22-15-16-23-46(42)55(7,8)48(43)33-36)35-26-28-41-39-20-12-11-18-37(39)38-19-13-14-21-40(38)44(41)32-35/h11-33H,1-10H3. The smallest absolute Gasteiger partial charge is 0.0543 e. The Hall–Kier alpha value is -5.66. The third-order valence-electron chi connectivity index (χ3n) is 13.5. The molecular weight excluding hydrogens is 687 g/mol. The first-order valence-electron chi connectivity index (χ1n) is 20.8. The lowest BCUT2D eigenvalue weighted by molar-refractivity contribution is 0.545. The SMILES string of the molecule is CC(C)(C)c1cc2c(c(C(C)(C)C)c1)C(C)(C)c1cccc(N(c3ccc4c(c3)C(C)(C)c3ccccc3-4)c3ccc4c5ccccc5c5ccccc5c4c3)c1-2. The molecule has 0 spiro atoms. The highest BCUT2D eigenvalue weighted by molar-refractivity contribution is 6.25. The van der Waals surface area contributed by atoms with E-state index in [0.717, 1.165) is 0 Å².